The van der Waals surface area contributed by atoms with Crippen LogP contribution in [0.2, 0.25) is 0 Å². The molecule has 0 saturated carbocycles. The summed E-state index contributed by atoms with van der Waals surface area (Å²) >= 11 is 0. The number of carbonyl (C=O) groups is 1. The number of nitrogens with one attached hydrogen (secondary N) is 4. The van der Waals surface area contributed by atoms with Crippen LogP contribution in [0.5, 0.6) is 0 Å². The summed E-state index contributed by atoms with van der Waals surface area (Å²) in [4.78, 5) is 20.5. The zero-order valence-electron chi connectivity index (χ0n) is 21.0. The molecule has 12 heteroatoms. The van der Waals surface area contributed by atoms with E-state index in [1.165, 1.54) is 0 Å². The Balaban J connectivity index is 1.41. The molecule has 1 saturated heterocycles. The summed E-state index contributed by atoms with van der Waals surface area (Å²) in [7, 11) is 1.98. The van der Waals surface area contributed by atoms with Crippen molar-refractivity contribution in [2.24, 2.45) is 12.8 Å². The van der Waals surface area contributed by atoms with Gasteiger partial charge in [-0.1, -0.05) is 11.3 Å². The quantitative estimate of drug-likeness (QED) is 0.170. The maximum atomic E-state index is 13.7. The highest BCUT2D eigenvalue weighted by molar-refractivity contribution is 5.95. The Morgan fingerprint density at radius 1 is 1.16 bits per heavy atom. The number of amides is 1. The molecule has 1 atom stereocenters. The SMILES string of the molecule is Cn1c(CNc2ccc(C(=N)N)cc2)nc2cc([C@@](C)(NCc3nn[nH]n3)C(=O)N3CCCC3)ccc21. The first-order valence-corrected chi connectivity index (χ1v) is 12.3. The van der Waals surface area contributed by atoms with Gasteiger partial charge in [-0.2, -0.15) is 5.21 Å². The third-order valence-corrected chi connectivity index (χ3v) is 7.01. The predicted octanol–water partition coefficient (Wildman–Crippen LogP) is 1.61. The summed E-state index contributed by atoms with van der Waals surface area (Å²) in [6, 6.07) is 13.4. The molecule has 5 rings (SSSR count). The van der Waals surface area contributed by atoms with Gasteiger partial charge in [0, 0.05) is 31.4 Å². The number of amidine groups is 1. The van der Waals surface area contributed by atoms with Crippen LogP contribution in [0, 0.1) is 5.41 Å². The van der Waals surface area contributed by atoms with Gasteiger partial charge in [0.1, 0.15) is 17.2 Å². The summed E-state index contributed by atoms with van der Waals surface area (Å²) in [5.74, 6) is 1.42. The largest absolute Gasteiger partial charge is 0.384 e. The molecule has 1 aliphatic rings. The van der Waals surface area contributed by atoms with Crippen LogP contribution in [0.15, 0.2) is 42.5 Å². The molecule has 1 amide bonds. The summed E-state index contributed by atoms with van der Waals surface area (Å²) in [6.45, 7) is 4.23. The smallest absolute Gasteiger partial charge is 0.247 e. The van der Waals surface area contributed by atoms with Crippen molar-refractivity contribution in [2.45, 2.75) is 38.4 Å². The lowest BCUT2D eigenvalue weighted by atomic mass is 9.89. The van der Waals surface area contributed by atoms with Crippen LogP contribution < -0.4 is 16.4 Å². The molecule has 1 fully saturated rings. The van der Waals surface area contributed by atoms with E-state index >= 15 is 0 Å². The maximum absolute atomic E-state index is 13.7. The highest BCUT2D eigenvalue weighted by atomic mass is 16.2. The Morgan fingerprint density at radius 2 is 1.92 bits per heavy atom. The second-order valence-corrected chi connectivity index (χ2v) is 9.44. The van der Waals surface area contributed by atoms with Gasteiger partial charge in [0.15, 0.2) is 5.82 Å². The zero-order valence-corrected chi connectivity index (χ0v) is 21.0. The highest BCUT2D eigenvalue weighted by Gasteiger charge is 2.39. The van der Waals surface area contributed by atoms with E-state index in [0.29, 0.717) is 24.5 Å². The highest BCUT2D eigenvalue weighted by Crippen LogP contribution is 2.29. The molecular weight excluding hydrogens is 470 g/mol. The van der Waals surface area contributed by atoms with Crippen molar-refractivity contribution >= 4 is 28.5 Å². The normalized spacial score (nSPS) is 15.1. The van der Waals surface area contributed by atoms with E-state index in [4.69, 9.17) is 16.1 Å². The van der Waals surface area contributed by atoms with Crippen molar-refractivity contribution in [1.29, 1.82) is 5.41 Å². The van der Waals surface area contributed by atoms with Crippen LogP contribution in [0.1, 0.15) is 42.5 Å². The van der Waals surface area contributed by atoms with Crippen molar-refractivity contribution < 1.29 is 4.79 Å². The number of aryl methyl sites for hydroxylation is 1. The molecule has 37 heavy (non-hydrogen) atoms. The molecule has 3 heterocycles. The van der Waals surface area contributed by atoms with Crippen molar-refractivity contribution in [3.05, 3.63) is 65.2 Å². The lowest BCUT2D eigenvalue weighted by molar-refractivity contribution is -0.137. The van der Waals surface area contributed by atoms with E-state index in [2.05, 4.69) is 31.3 Å². The first-order valence-electron chi connectivity index (χ1n) is 12.3. The molecule has 2 aromatic carbocycles. The minimum absolute atomic E-state index is 0.0275. The van der Waals surface area contributed by atoms with Crippen molar-refractivity contribution in [3.63, 3.8) is 0 Å². The number of nitrogens with two attached hydrogens (primary N) is 1. The molecule has 0 spiro atoms. The Labute approximate surface area is 214 Å². The third kappa shape index (κ3) is 4.87. The van der Waals surface area contributed by atoms with E-state index in [1.54, 1.807) is 0 Å². The van der Waals surface area contributed by atoms with Crippen LogP contribution in [0.3, 0.4) is 0 Å². The number of likely N-dealkylation sites (tertiary alicyclic amines) is 1. The molecule has 0 radical (unpaired) electrons. The fraction of sp³-hybridized carbons (Fsp3) is 0.360. The molecule has 2 aromatic heterocycles. The average molecular weight is 502 g/mol. The summed E-state index contributed by atoms with van der Waals surface area (Å²) in [5, 5.41) is 28.4. The van der Waals surface area contributed by atoms with Crippen LogP contribution in [-0.2, 0) is 30.5 Å². The number of imidazole rings is 1. The van der Waals surface area contributed by atoms with Crippen molar-refractivity contribution in [2.75, 3.05) is 18.4 Å². The number of anilines is 1. The van der Waals surface area contributed by atoms with E-state index in [-0.39, 0.29) is 11.7 Å². The average Bonchev–Trinajstić information content (AvgIpc) is 3.68. The third-order valence-electron chi connectivity index (χ3n) is 7.01. The topological polar surface area (TPSA) is 167 Å². The van der Waals surface area contributed by atoms with Gasteiger partial charge in [0.05, 0.1) is 24.1 Å². The number of benzene rings is 2. The van der Waals surface area contributed by atoms with Crippen LogP contribution in [0.25, 0.3) is 11.0 Å². The van der Waals surface area contributed by atoms with Gasteiger partial charge < -0.3 is 20.5 Å². The van der Waals surface area contributed by atoms with Gasteiger partial charge in [-0.15, -0.1) is 10.2 Å². The van der Waals surface area contributed by atoms with Crippen LogP contribution >= 0.6 is 0 Å². The summed E-state index contributed by atoms with van der Waals surface area (Å²) in [6.07, 6.45) is 2.03. The van der Waals surface area contributed by atoms with Crippen LogP contribution in [-0.4, -0.2) is 59.9 Å². The van der Waals surface area contributed by atoms with E-state index in [0.717, 1.165) is 54.0 Å². The van der Waals surface area contributed by atoms with Crippen molar-refractivity contribution in [1.82, 2.24) is 40.4 Å². The Morgan fingerprint density at radius 3 is 2.59 bits per heavy atom. The molecule has 192 valence electrons. The zero-order chi connectivity index (χ0) is 26.0. The first kappa shape index (κ1) is 24.4. The number of fused-ring (bicyclic) bond motifs is 1. The molecular formula is C25H31N11O. The molecule has 1 aliphatic heterocycles. The van der Waals surface area contributed by atoms with E-state index in [9.17, 15) is 4.79 Å². The number of aromatic nitrogens is 6. The van der Waals surface area contributed by atoms with Crippen LogP contribution in [0.4, 0.5) is 5.69 Å². The molecule has 6 N–H and O–H groups in total. The number of carbonyl (C=O) groups excluding carboxylic acids is 1. The van der Waals surface area contributed by atoms with Gasteiger partial charge in [0.25, 0.3) is 0 Å². The molecule has 12 nitrogen and oxygen atoms in total. The Kier molecular flexibility index (Phi) is 6.57. The number of aromatic amines is 1. The van der Waals surface area contributed by atoms with Crippen molar-refractivity contribution in [3.8, 4) is 0 Å². The molecule has 0 bridgehead atoms. The standard InChI is InChI=1S/C25H31N11O/c1-25(24(37)36-11-3-4-12-36,29-14-21-31-33-34-32-21)17-7-10-20-19(13-17)30-22(35(20)2)15-28-18-8-5-16(6-9-18)23(26)27/h5-10,13,28-29H,3-4,11-12,14-15H2,1-2H3,(H3,26,27)(H,31,32,33,34)/t25-/m1/s1. The van der Waals surface area contributed by atoms with Gasteiger partial charge in [-0.3, -0.25) is 15.5 Å². The fourth-order valence-corrected chi connectivity index (χ4v) is 4.72. The van der Waals surface area contributed by atoms with E-state index < -0.39 is 5.54 Å². The number of hydrogen-bond acceptors (Lipinski definition) is 8. The predicted molar refractivity (Wildman–Crippen MR) is 140 cm³/mol. The lowest BCUT2D eigenvalue weighted by Gasteiger charge is -2.33. The molecule has 0 unspecified atom stereocenters. The second-order valence-electron chi connectivity index (χ2n) is 9.44. The number of nitrogen functional groups attached to an aromatic ring is 1. The number of nitrogens with zero attached hydrogens (tertiary/aromatic N) is 6. The van der Waals surface area contributed by atoms with Gasteiger partial charge in [-0.05, 0) is 61.7 Å². The lowest BCUT2D eigenvalue weighted by Crippen LogP contribution is -2.53. The number of H-pyrrole nitrogens is 1. The summed E-state index contributed by atoms with van der Waals surface area (Å²) in [5.41, 5.74) is 8.77. The minimum Gasteiger partial charge on any atom is -0.384 e. The second kappa shape index (κ2) is 9.97. The van der Waals surface area contributed by atoms with Gasteiger partial charge >= 0.3 is 0 Å². The Hall–Kier alpha value is -4.32. The fourth-order valence-electron chi connectivity index (χ4n) is 4.72. The number of rotatable bonds is 9. The first-order chi connectivity index (χ1) is 17.8. The monoisotopic (exact) mass is 501 g/mol. The molecule has 4 aromatic rings. The summed E-state index contributed by atoms with van der Waals surface area (Å²) < 4.78 is 2.04. The van der Waals surface area contributed by atoms with Gasteiger partial charge in [-0.25, -0.2) is 4.98 Å². The maximum Gasteiger partial charge on any atom is 0.247 e. The van der Waals surface area contributed by atoms with E-state index in [1.807, 2.05) is 65.9 Å². The van der Waals surface area contributed by atoms with Gasteiger partial charge in [0.2, 0.25) is 5.91 Å². The minimum atomic E-state index is -0.979. The molecule has 0 aliphatic carbocycles. The Bertz CT molecular complexity index is 1400. The number of hydrogen-bond donors (Lipinski definition) is 5. The number of tetrazole rings is 1.